The molecular weight excluding hydrogens is 197 g/mol. The summed E-state index contributed by atoms with van der Waals surface area (Å²) in [6.45, 7) is 0. The van der Waals surface area contributed by atoms with Gasteiger partial charge in [-0.1, -0.05) is 0 Å². The molecule has 78 valence electrons. The number of nitrogen functional groups attached to an aromatic ring is 1. The quantitative estimate of drug-likeness (QED) is 0.761. The van der Waals surface area contributed by atoms with Crippen LogP contribution in [-0.4, -0.2) is 16.7 Å². The molecule has 1 aromatic heterocycles. The standard InChI is InChI=1S/C10H10FN3O/c1-15-10-5-9(7(11)4-8(10)12)14-3-2-13-6-14/h2-6H,12H2,1H3. The van der Waals surface area contributed by atoms with Crippen LogP contribution < -0.4 is 10.5 Å². The number of aromatic nitrogens is 2. The molecule has 15 heavy (non-hydrogen) atoms. The van der Waals surface area contributed by atoms with Crippen LogP contribution in [0.5, 0.6) is 5.75 Å². The second-order valence-electron chi connectivity index (χ2n) is 3.02. The average Bonchev–Trinajstić information content (AvgIpc) is 2.71. The zero-order valence-corrected chi connectivity index (χ0v) is 8.14. The summed E-state index contributed by atoms with van der Waals surface area (Å²) in [4.78, 5) is 3.84. The molecule has 0 bridgehead atoms. The Bertz CT molecular complexity index is 468. The molecule has 0 fully saturated rings. The number of ether oxygens (including phenoxy) is 1. The molecule has 2 N–H and O–H groups in total. The molecule has 0 saturated carbocycles. The van der Waals surface area contributed by atoms with Crippen molar-refractivity contribution in [3.63, 3.8) is 0 Å². The fourth-order valence-electron chi connectivity index (χ4n) is 1.33. The number of benzene rings is 1. The lowest BCUT2D eigenvalue weighted by Gasteiger charge is -2.09. The highest BCUT2D eigenvalue weighted by molar-refractivity contribution is 5.58. The van der Waals surface area contributed by atoms with Crippen molar-refractivity contribution in [3.05, 3.63) is 36.7 Å². The van der Waals surface area contributed by atoms with Crippen molar-refractivity contribution in [1.82, 2.24) is 9.55 Å². The Morgan fingerprint density at radius 1 is 1.47 bits per heavy atom. The van der Waals surface area contributed by atoms with Crippen LogP contribution in [0.25, 0.3) is 5.69 Å². The molecule has 4 nitrogen and oxygen atoms in total. The van der Waals surface area contributed by atoms with E-state index in [9.17, 15) is 4.39 Å². The van der Waals surface area contributed by atoms with Gasteiger partial charge in [-0.15, -0.1) is 0 Å². The van der Waals surface area contributed by atoms with Gasteiger partial charge in [0.15, 0.2) is 0 Å². The van der Waals surface area contributed by atoms with Crippen LogP contribution in [0, 0.1) is 5.82 Å². The number of nitrogens with zero attached hydrogens (tertiary/aromatic N) is 2. The molecule has 0 aliphatic rings. The van der Waals surface area contributed by atoms with Crippen molar-refractivity contribution in [2.75, 3.05) is 12.8 Å². The van der Waals surface area contributed by atoms with Gasteiger partial charge in [0.25, 0.3) is 0 Å². The molecule has 0 amide bonds. The van der Waals surface area contributed by atoms with E-state index in [2.05, 4.69) is 4.98 Å². The summed E-state index contributed by atoms with van der Waals surface area (Å²) in [6, 6.07) is 2.76. The maximum atomic E-state index is 13.5. The summed E-state index contributed by atoms with van der Waals surface area (Å²) in [6.07, 6.45) is 4.73. The zero-order valence-electron chi connectivity index (χ0n) is 8.14. The molecule has 0 aliphatic heterocycles. The molecule has 0 aliphatic carbocycles. The Morgan fingerprint density at radius 3 is 2.87 bits per heavy atom. The molecule has 0 radical (unpaired) electrons. The predicted octanol–water partition coefficient (Wildman–Crippen LogP) is 1.60. The minimum absolute atomic E-state index is 0.277. The molecule has 0 atom stereocenters. The van der Waals surface area contributed by atoms with Crippen molar-refractivity contribution in [1.29, 1.82) is 0 Å². The number of hydrogen-bond donors (Lipinski definition) is 1. The number of imidazole rings is 1. The Kier molecular flexibility index (Phi) is 2.29. The fraction of sp³-hybridized carbons (Fsp3) is 0.100. The first-order chi connectivity index (χ1) is 7.22. The molecule has 1 aromatic carbocycles. The molecule has 2 aromatic rings. The number of methoxy groups -OCH3 is 1. The second-order valence-corrected chi connectivity index (χ2v) is 3.02. The number of anilines is 1. The van der Waals surface area contributed by atoms with Crippen LogP contribution in [0.15, 0.2) is 30.9 Å². The van der Waals surface area contributed by atoms with E-state index in [1.165, 1.54) is 25.6 Å². The van der Waals surface area contributed by atoms with Gasteiger partial charge in [0.1, 0.15) is 11.6 Å². The van der Waals surface area contributed by atoms with Gasteiger partial charge in [-0.25, -0.2) is 9.37 Å². The van der Waals surface area contributed by atoms with Gasteiger partial charge in [-0.05, 0) is 0 Å². The largest absolute Gasteiger partial charge is 0.495 e. The van der Waals surface area contributed by atoms with E-state index in [1.54, 1.807) is 17.0 Å². The summed E-state index contributed by atoms with van der Waals surface area (Å²) in [5.74, 6) is 0.0337. The van der Waals surface area contributed by atoms with Gasteiger partial charge in [0.05, 0.1) is 24.8 Å². The molecule has 0 saturated heterocycles. The van der Waals surface area contributed by atoms with E-state index in [1.807, 2.05) is 0 Å². The Hall–Kier alpha value is -2.04. The third-order valence-electron chi connectivity index (χ3n) is 2.08. The van der Waals surface area contributed by atoms with E-state index >= 15 is 0 Å². The first-order valence-electron chi connectivity index (χ1n) is 4.33. The summed E-state index contributed by atoms with van der Waals surface area (Å²) in [5, 5.41) is 0. The Balaban J connectivity index is 2.57. The summed E-state index contributed by atoms with van der Waals surface area (Å²) in [7, 11) is 1.49. The highest BCUT2D eigenvalue weighted by Gasteiger charge is 2.09. The Labute approximate surface area is 86.1 Å². The monoisotopic (exact) mass is 207 g/mol. The van der Waals surface area contributed by atoms with Gasteiger partial charge >= 0.3 is 0 Å². The first-order valence-corrected chi connectivity index (χ1v) is 4.33. The van der Waals surface area contributed by atoms with Crippen molar-refractivity contribution < 1.29 is 9.13 Å². The number of rotatable bonds is 2. The van der Waals surface area contributed by atoms with E-state index in [-0.39, 0.29) is 5.69 Å². The summed E-state index contributed by atoms with van der Waals surface area (Å²) >= 11 is 0. The minimum Gasteiger partial charge on any atom is -0.495 e. The minimum atomic E-state index is -0.411. The van der Waals surface area contributed by atoms with Crippen molar-refractivity contribution in [2.45, 2.75) is 0 Å². The summed E-state index contributed by atoms with van der Waals surface area (Å²) in [5.41, 5.74) is 6.20. The number of hydrogen-bond acceptors (Lipinski definition) is 3. The highest BCUT2D eigenvalue weighted by Crippen LogP contribution is 2.26. The van der Waals surface area contributed by atoms with Crippen LogP contribution in [-0.2, 0) is 0 Å². The zero-order chi connectivity index (χ0) is 10.8. The molecule has 1 heterocycles. The SMILES string of the molecule is COc1cc(-n2ccnc2)c(F)cc1N. The van der Waals surface area contributed by atoms with Crippen molar-refractivity contribution in [3.8, 4) is 11.4 Å². The van der Waals surface area contributed by atoms with Gasteiger partial charge in [-0.2, -0.15) is 0 Å². The van der Waals surface area contributed by atoms with Crippen molar-refractivity contribution in [2.24, 2.45) is 0 Å². The van der Waals surface area contributed by atoms with E-state index < -0.39 is 5.82 Å². The number of halogens is 1. The van der Waals surface area contributed by atoms with E-state index in [0.717, 1.165) is 0 Å². The number of nitrogens with two attached hydrogens (primary N) is 1. The molecule has 5 heteroatoms. The lowest BCUT2D eigenvalue weighted by molar-refractivity contribution is 0.415. The maximum absolute atomic E-state index is 13.5. The van der Waals surface area contributed by atoms with Gasteiger partial charge in [-0.3, -0.25) is 0 Å². The fourth-order valence-corrected chi connectivity index (χ4v) is 1.33. The highest BCUT2D eigenvalue weighted by atomic mass is 19.1. The maximum Gasteiger partial charge on any atom is 0.149 e. The lowest BCUT2D eigenvalue weighted by atomic mass is 10.2. The van der Waals surface area contributed by atoms with E-state index in [0.29, 0.717) is 11.4 Å². The van der Waals surface area contributed by atoms with Crippen molar-refractivity contribution >= 4 is 5.69 Å². The smallest absolute Gasteiger partial charge is 0.149 e. The second kappa shape index (κ2) is 3.61. The molecular formula is C10H10FN3O. The topological polar surface area (TPSA) is 53.1 Å². The van der Waals surface area contributed by atoms with Gasteiger partial charge in [0, 0.05) is 24.5 Å². The summed E-state index contributed by atoms with van der Waals surface area (Å²) < 4.78 is 20.1. The van der Waals surface area contributed by atoms with Crippen LogP contribution in [0.2, 0.25) is 0 Å². The van der Waals surface area contributed by atoms with Crippen LogP contribution in [0.4, 0.5) is 10.1 Å². The average molecular weight is 207 g/mol. The third-order valence-corrected chi connectivity index (χ3v) is 2.08. The molecule has 0 unspecified atom stereocenters. The third kappa shape index (κ3) is 1.63. The van der Waals surface area contributed by atoms with Gasteiger partial charge in [0.2, 0.25) is 0 Å². The molecule has 0 spiro atoms. The predicted molar refractivity (Wildman–Crippen MR) is 54.5 cm³/mol. The Morgan fingerprint density at radius 2 is 2.27 bits per heavy atom. The first kappa shape index (κ1) is 9.51. The normalized spacial score (nSPS) is 10.3. The lowest BCUT2D eigenvalue weighted by Crippen LogP contribution is -1.99. The van der Waals surface area contributed by atoms with E-state index in [4.69, 9.17) is 10.5 Å². The van der Waals surface area contributed by atoms with Crippen LogP contribution >= 0.6 is 0 Å². The van der Waals surface area contributed by atoms with Crippen LogP contribution in [0.3, 0.4) is 0 Å². The van der Waals surface area contributed by atoms with Crippen LogP contribution in [0.1, 0.15) is 0 Å². The molecule has 2 rings (SSSR count). The van der Waals surface area contributed by atoms with Gasteiger partial charge < -0.3 is 15.0 Å².